The summed E-state index contributed by atoms with van der Waals surface area (Å²) in [6.07, 6.45) is 0.832. The maximum Gasteiger partial charge on any atom is 0.122 e. The lowest BCUT2D eigenvalue weighted by molar-refractivity contribution is 0.194. The number of aryl methyl sites for hydroxylation is 1. The van der Waals surface area contributed by atoms with Crippen LogP contribution in [0, 0.1) is 6.92 Å². The van der Waals surface area contributed by atoms with Gasteiger partial charge < -0.3 is 14.7 Å². The summed E-state index contributed by atoms with van der Waals surface area (Å²) in [6.45, 7) is 7.98. The van der Waals surface area contributed by atoms with Gasteiger partial charge in [-0.25, -0.2) is 0 Å². The quantitative estimate of drug-likeness (QED) is 0.751. The van der Waals surface area contributed by atoms with Gasteiger partial charge in [0, 0.05) is 19.7 Å². The van der Waals surface area contributed by atoms with E-state index in [1.807, 2.05) is 18.2 Å². The fourth-order valence-corrected chi connectivity index (χ4v) is 1.73. The van der Waals surface area contributed by atoms with Crippen LogP contribution in [0.2, 0.25) is 0 Å². The van der Waals surface area contributed by atoms with E-state index < -0.39 is 0 Å². The van der Waals surface area contributed by atoms with Gasteiger partial charge in [0.25, 0.3) is 0 Å². The van der Waals surface area contributed by atoms with E-state index in [0.29, 0.717) is 6.61 Å². The minimum atomic E-state index is 0.259. The van der Waals surface area contributed by atoms with Crippen LogP contribution in [-0.2, 0) is 0 Å². The Balaban J connectivity index is 2.28. The molecule has 0 aromatic heterocycles. The van der Waals surface area contributed by atoms with E-state index in [2.05, 4.69) is 24.8 Å². The van der Waals surface area contributed by atoms with Crippen molar-refractivity contribution in [3.05, 3.63) is 29.8 Å². The normalized spacial score (nSPS) is 10.8. The zero-order valence-corrected chi connectivity index (χ0v) is 10.9. The second-order valence-corrected chi connectivity index (χ2v) is 4.13. The lowest BCUT2D eigenvalue weighted by atomic mass is 10.2. The van der Waals surface area contributed by atoms with Crippen LogP contribution in [0.15, 0.2) is 24.3 Å². The molecule has 0 radical (unpaired) electrons. The fourth-order valence-electron chi connectivity index (χ4n) is 1.73. The Labute approximate surface area is 104 Å². The van der Waals surface area contributed by atoms with Gasteiger partial charge in [0.2, 0.25) is 0 Å². The molecule has 0 saturated heterocycles. The number of benzene rings is 1. The number of hydrogen-bond acceptors (Lipinski definition) is 3. The molecule has 1 rings (SSSR count). The lowest BCUT2D eigenvalue weighted by Gasteiger charge is -2.20. The van der Waals surface area contributed by atoms with Crippen molar-refractivity contribution in [3.63, 3.8) is 0 Å². The molecule has 1 aromatic carbocycles. The number of likely N-dealkylation sites (N-methyl/N-ethyl adjacent to an activating group) is 1. The molecule has 0 fully saturated rings. The van der Waals surface area contributed by atoms with Gasteiger partial charge in [0.1, 0.15) is 12.4 Å². The van der Waals surface area contributed by atoms with Crippen LogP contribution in [0.5, 0.6) is 5.75 Å². The Hall–Kier alpha value is -1.06. The number of aliphatic hydroxyl groups excluding tert-OH is 1. The molecule has 96 valence electrons. The Morgan fingerprint density at radius 2 is 2.00 bits per heavy atom. The van der Waals surface area contributed by atoms with Gasteiger partial charge in [0.15, 0.2) is 0 Å². The van der Waals surface area contributed by atoms with Crippen molar-refractivity contribution in [2.24, 2.45) is 0 Å². The molecule has 0 aliphatic rings. The van der Waals surface area contributed by atoms with E-state index in [4.69, 9.17) is 9.84 Å². The van der Waals surface area contributed by atoms with Crippen molar-refractivity contribution < 1.29 is 9.84 Å². The monoisotopic (exact) mass is 237 g/mol. The highest BCUT2D eigenvalue weighted by molar-refractivity contribution is 5.31. The van der Waals surface area contributed by atoms with Gasteiger partial charge in [-0.2, -0.15) is 0 Å². The highest BCUT2D eigenvalue weighted by atomic mass is 16.5. The first-order valence-corrected chi connectivity index (χ1v) is 6.29. The topological polar surface area (TPSA) is 32.7 Å². The molecule has 3 nitrogen and oxygen atoms in total. The van der Waals surface area contributed by atoms with Gasteiger partial charge in [-0.3, -0.25) is 0 Å². The summed E-state index contributed by atoms with van der Waals surface area (Å²) >= 11 is 0. The molecule has 1 N–H and O–H groups in total. The molecule has 0 aliphatic heterocycles. The predicted octanol–water partition coefficient (Wildman–Crippen LogP) is 2.08. The Bertz CT molecular complexity index is 315. The zero-order valence-electron chi connectivity index (χ0n) is 10.9. The molecule has 0 spiro atoms. The van der Waals surface area contributed by atoms with E-state index in [0.717, 1.165) is 31.8 Å². The summed E-state index contributed by atoms with van der Waals surface area (Å²) in [5.41, 5.74) is 1.17. The molecule has 0 heterocycles. The maximum absolute atomic E-state index is 8.79. The van der Waals surface area contributed by atoms with Crippen molar-refractivity contribution in [2.45, 2.75) is 20.3 Å². The standard InChI is InChI=1S/C14H23NO2/c1-3-15(9-6-11-16)10-12-17-14-8-5-4-7-13(14)2/h4-5,7-8,16H,3,6,9-12H2,1-2H3. The van der Waals surface area contributed by atoms with Crippen molar-refractivity contribution in [1.82, 2.24) is 4.90 Å². The van der Waals surface area contributed by atoms with Gasteiger partial charge in [-0.05, 0) is 31.5 Å². The number of rotatable bonds is 8. The number of hydrogen-bond donors (Lipinski definition) is 1. The maximum atomic E-state index is 8.79. The number of aliphatic hydroxyl groups is 1. The molecule has 0 atom stereocenters. The van der Waals surface area contributed by atoms with Crippen LogP contribution in [-0.4, -0.2) is 42.9 Å². The molecule has 0 bridgehead atoms. The van der Waals surface area contributed by atoms with E-state index in [1.54, 1.807) is 0 Å². The van der Waals surface area contributed by atoms with E-state index in [1.165, 1.54) is 5.56 Å². The highest BCUT2D eigenvalue weighted by Gasteiger charge is 2.03. The fraction of sp³-hybridized carbons (Fsp3) is 0.571. The van der Waals surface area contributed by atoms with Gasteiger partial charge in [-0.1, -0.05) is 25.1 Å². The van der Waals surface area contributed by atoms with Crippen LogP contribution in [0.25, 0.3) is 0 Å². The second kappa shape index (κ2) is 8.09. The highest BCUT2D eigenvalue weighted by Crippen LogP contribution is 2.15. The van der Waals surface area contributed by atoms with Gasteiger partial charge >= 0.3 is 0 Å². The van der Waals surface area contributed by atoms with Crippen molar-refractivity contribution in [1.29, 1.82) is 0 Å². The predicted molar refractivity (Wildman–Crippen MR) is 70.5 cm³/mol. The van der Waals surface area contributed by atoms with Crippen LogP contribution < -0.4 is 4.74 Å². The Kier molecular flexibility index (Phi) is 6.67. The molecule has 0 saturated carbocycles. The van der Waals surface area contributed by atoms with Gasteiger partial charge in [0.05, 0.1) is 0 Å². The average Bonchev–Trinajstić information content (AvgIpc) is 2.35. The minimum absolute atomic E-state index is 0.259. The SMILES string of the molecule is CCN(CCCO)CCOc1ccccc1C. The Morgan fingerprint density at radius 1 is 1.24 bits per heavy atom. The summed E-state index contributed by atoms with van der Waals surface area (Å²) in [5, 5.41) is 8.79. The second-order valence-electron chi connectivity index (χ2n) is 4.13. The lowest BCUT2D eigenvalue weighted by Crippen LogP contribution is -2.29. The van der Waals surface area contributed by atoms with Crippen molar-refractivity contribution >= 4 is 0 Å². The number of nitrogens with zero attached hydrogens (tertiary/aromatic N) is 1. The minimum Gasteiger partial charge on any atom is -0.492 e. The van der Waals surface area contributed by atoms with Crippen LogP contribution >= 0.6 is 0 Å². The van der Waals surface area contributed by atoms with Crippen LogP contribution in [0.1, 0.15) is 18.9 Å². The van der Waals surface area contributed by atoms with Crippen LogP contribution in [0.3, 0.4) is 0 Å². The first-order valence-electron chi connectivity index (χ1n) is 6.29. The third kappa shape index (κ3) is 5.20. The van der Waals surface area contributed by atoms with Crippen LogP contribution in [0.4, 0.5) is 0 Å². The molecule has 3 heteroatoms. The smallest absolute Gasteiger partial charge is 0.122 e. The zero-order chi connectivity index (χ0) is 12.5. The third-order valence-corrected chi connectivity index (χ3v) is 2.84. The largest absolute Gasteiger partial charge is 0.492 e. The first kappa shape index (κ1) is 14.0. The molecular weight excluding hydrogens is 214 g/mol. The van der Waals surface area contributed by atoms with Crippen molar-refractivity contribution in [2.75, 3.05) is 32.8 Å². The van der Waals surface area contributed by atoms with Crippen molar-refractivity contribution in [3.8, 4) is 5.75 Å². The van der Waals surface area contributed by atoms with E-state index in [-0.39, 0.29) is 6.61 Å². The van der Waals surface area contributed by atoms with Gasteiger partial charge in [-0.15, -0.1) is 0 Å². The molecular formula is C14H23NO2. The van der Waals surface area contributed by atoms with E-state index >= 15 is 0 Å². The molecule has 1 aromatic rings. The summed E-state index contributed by atoms with van der Waals surface area (Å²) in [6, 6.07) is 8.06. The molecule has 17 heavy (non-hydrogen) atoms. The molecule has 0 unspecified atom stereocenters. The summed E-state index contributed by atoms with van der Waals surface area (Å²) in [4.78, 5) is 2.29. The molecule has 0 amide bonds. The third-order valence-electron chi connectivity index (χ3n) is 2.84. The number of ether oxygens (including phenoxy) is 1. The Morgan fingerprint density at radius 3 is 2.65 bits per heavy atom. The summed E-state index contributed by atoms with van der Waals surface area (Å²) in [5.74, 6) is 0.964. The first-order chi connectivity index (χ1) is 8.27. The summed E-state index contributed by atoms with van der Waals surface area (Å²) < 4.78 is 5.74. The number of para-hydroxylation sites is 1. The molecule has 0 aliphatic carbocycles. The summed E-state index contributed by atoms with van der Waals surface area (Å²) in [7, 11) is 0. The van der Waals surface area contributed by atoms with E-state index in [9.17, 15) is 0 Å². The average molecular weight is 237 g/mol.